The van der Waals surface area contributed by atoms with Gasteiger partial charge in [-0.15, -0.1) is 0 Å². The molecule has 0 bridgehead atoms. The maximum absolute atomic E-state index is 12.8. The Morgan fingerprint density at radius 3 is 2.28 bits per heavy atom. The molecule has 2 aromatic carbocycles. The molecule has 0 aromatic heterocycles. The van der Waals surface area contributed by atoms with Crippen LogP contribution in [0.15, 0.2) is 57.4 Å². The van der Waals surface area contributed by atoms with E-state index in [1.165, 1.54) is 36.4 Å². The summed E-state index contributed by atoms with van der Waals surface area (Å²) < 4.78 is 60.6. The van der Waals surface area contributed by atoms with Crippen LogP contribution >= 0.6 is 0 Å². The first-order valence-corrected chi connectivity index (χ1v) is 12.9. The van der Waals surface area contributed by atoms with E-state index in [0.717, 1.165) is 12.7 Å². The molecule has 0 heterocycles. The fourth-order valence-electron chi connectivity index (χ4n) is 3.11. The molecule has 0 spiro atoms. The monoisotopic (exact) mass is 483 g/mol. The Morgan fingerprint density at radius 2 is 1.62 bits per heavy atom. The number of ether oxygens (including phenoxy) is 1. The van der Waals surface area contributed by atoms with Crippen molar-refractivity contribution < 1.29 is 30.6 Å². The average molecular weight is 484 g/mol. The molecule has 1 fully saturated rings. The van der Waals surface area contributed by atoms with Crippen molar-refractivity contribution in [1.29, 1.82) is 0 Å². The molecule has 0 radical (unpaired) electrons. The molecule has 2 atom stereocenters. The van der Waals surface area contributed by atoms with Crippen molar-refractivity contribution in [3.8, 4) is 11.5 Å². The number of sulfone groups is 1. The lowest BCUT2D eigenvalue weighted by Crippen LogP contribution is -2.23. The van der Waals surface area contributed by atoms with Gasteiger partial charge in [0.25, 0.3) is 0 Å². The Kier molecular flexibility index (Phi) is 6.84. The molecule has 174 valence electrons. The molecule has 0 saturated heterocycles. The van der Waals surface area contributed by atoms with Crippen LogP contribution in [0.2, 0.25) is 0 Å². The molecule has 2 unspecified atom stereocenters. The standard InChI is InChI=1S/C20H25N3O7S2/c1-13-7-16(28-11-14-9-15(14)12-29-23-20(21)22)10-17(8-13)30-32(26,27)19-6-4-3-5-18(19)31(2,24)25/h3-8,10,14-15H,9,11-12H2,1-2H3,(H4,21,22,23). The number of nitrogens with zero attached hydrogens (tertiary/aromatic N) is 1. The zero-order valence-corrected chi connectivity index (χ0v) is 19.2. The van der Waals surface area contributed by atoms with Gasteiger partial charge in [0, 0.05) is 18.2 Å². The van der Waals surface area contributed by atoms with Crippen LogP contribution in [-0.2, 0) is 24.8 Å². The van der Waals surface area contributed by atoms with Gasteiger partial charge in [0.2, 0.25) is 5.96 Å². The summed E-state index contributed by atoms with van der Waals surface area (Å²) in [4.78, 5) is 4.27. The van der Waals surface area contributed by atoms with Gasteiger partial charge < -0.3 is 25.2 Å². The van der Waals surface area contributed by atoms with Gasteiger partial charge in [-0.2, -0.15) is 8.42 Å². The van der Waals surface area contributed by atoms with Crippen molar-refractivity contribution in [3.63, 3.8) is 0 Å². The number of oxime groups is 1. The number of hydrogen-bond donors (Lipinski definition) is 2. The fraction of sp³-hybridized carbons (Fsp3) is 0.350. The Bertz CT molecular complexity index is 1220. The number of nitrogens with two attached hydrogens (primary N) is 2. The highest BCUT2D eigenvalue weighted by Gasteiger charge is 2.38. The number of hydrogen-bond acceptors (Lipinski definition) is 8. The van der Waals surface area contributed by atoms with Crippen LogP contribution in [0.5, 0.6) is 11.5 Å². The lowest BCUT2D eigenvalue weighted by Gasteiger charge is -2.13. The van der Waals surface area contributed by atoms with Crippen molar-refractivity contribution in [2.45, 2.75) is 23.1 Å². The van der Waals surface area contributed by atoms with Crippen molar-refractivity contribution >= 4 is 25.9 Å². The molecule has 0 amide bonds. The van der Waals surface area contributed by atoms with Gasteiger partial charge in [-0.05, 0) is 54.2 Å². The van der Waals surface area contributed by atoms with E-state index in [-0.39, 0.29) is 28.4 Å². The molecule has 2 aromatic rings. The Balaban J connectivity index is 1.69. The predicted molar refractivity (Wildman–Crippen MR) is 117 cm³/mol. The summed E-state index contributed by atoms with van der Waals surface area (Å²) in [6, 6.07) is 10.0. The molecular weight excluding hydrogens is 458 g/mol. The largest absolute Gasteiger partial charge is 0.493 e. The first-order valence-electron chi connectivity index (χ1n) is 9.64. The van der Waals surface area contributed by atoms with E-state index >= 15 is 0 Å². The third kappa shape index (κ3) is 6.26. The number of aryl methyl sites for hydroxylation is 1. The van der Waals surface area contributed by atoms with Crippen molar-refractivity contribution in [2.75, 3.05) is 19.5 Å². The highest BCUT2D eigenvalue weighted by atomic mass is 32.2. The molecule has 3 rings (SSSR count). The highest BCUT2D eigenvalue weighted by Crippen LogP contribution is 2.39. The quantitative estimate of drug-likeness (QED) is 0.220. The van der Waals surface area contributed by atoms with E-state index in [1.807, 2.05) is 0 Å². The molecule has 10 nitrogen and oxygen atoms in total. The highest BCUT2D eigenvalue weighted by molar-refractivity contribution is 7.92. The second-order valence-corrected chi connectivity index (χ2v) is 11.1. The third-order valence-electron chi connectivity index (χ3n) is 4.74. The summed E-state index contributed by atoms with van der Waals surface area (Å²) in [5, 5.41) is 3.48. The second kappa shape index (κ2) is 9.25. The SMILES string of the molecule is Cc1cc(OCC2CC2CON=C(N)N)cc(OS(=O)(=O)c2ccccc2S(C)(=O)=O)c1. The minimum Gasteiger partial charge on any atom is -0.493 e. The summed E-state index contributed by atoms with van der Waals surface area (Å²) >= 11 is 0. The zero-order chi connectivity index (χ0) is 23.5. The Hall–Kier alpha value is -2.99. The minimum absolute atomic E-state index is 0.0201. The predicted octanol–water partition coefficient (Wildman–Crippen LogP) is 1.39. The molecular formula is C20H25N3O7S2. The maximum atomic E-state index is 12.8. The van der Waals surface area contributed by atoms with Gasteiger partial charge in [0.1, 0.15) is 23.0 Å². The van der Waals surface area contributed by atoms with Crippen LogP contribution < -0.4 is 20.4 Å². The zero-order valence-electron chi connectivity index (χ0n) is 17.6. The van der Waals surface area contributed by atoms with Crippen LogP contribution in [0.1, 0.15) is 12.0 Å². The molecule has 32 heavy (non-hydrogen) atoms. The summed E-state index contributed by atoms with van der Waals surface area (Å²) in [5.41, 5.74) is 11.1. The van der Waals surface area contributed by atoms with E-state index in [4.69, 9.17) is 25.2 Å². The molecule has 4 N–H and O–H groups in total. The molecule has 0 aliphatic heterocycles. The van der Waals surface area contributed by atoms with E-state index in [2.05, 4.69) is 5.16 Å². The smallest absolute Gasteiger partial charge is 0.340 e. The van der Waals surface area contributed by atoms with Gasteiger partial charge in [-0.25, -0.2) is 8.42 Å². The van der Waals surface area contributed by atoms with Gasteiger partial charge in [0.15, 0.2) is 9.84 Å². The summed E-state index contributed by atoms with van der Waals surface area (Å²) in [5.74, 6) is 0.847. The summed E-state index contributed by atoms with van der Waals surface area (Å²) in [6.07, 6.45) is 1.83. The molecule has 1 aliphatic rings. The average Bonchev–Trinajstić information content (AvgIpc) is 3.43. The van der Waals surface area contributed by atoms with Crippen LogP contribution in [-0.4, -0.2) is 42.3 Å². The van der Waals surface area contributed by atoms with Gasteiger partial charge >= 0.3 is 10.1 Å². The number of guanidine groups is 1. The van der Waals surface area contributed by atoms with E-state index in [0.29, 0.717) is 24.5 Å². The fourth-order valence-corrected chi connectivity index (χ4v) is 5.63. The maximum Gasteiger partial charge on any atom is 0.340 e. The lowest BCUT2D eigenvalue weighted by molar-refractivity contribution is 0.126. The number of benzene rings is 2. The van der Waals surface area contributed by atoms with Crippen LogP contribution in [0.3, 0.4) is 0 Å². The van der Waals surface area contributed by atoms with Gasteiger partial charge in [-0.1, -0.05) is 12.1 Å². The normalized spacial score (nSPS) is 17.9. The second-order valence-electron chi connectivity index (χ2n) is 7.62. The van der Waals surface area contributed by atoms with E-state index in [9.17, 15) is 16.8 Å². The molecule has 12 heteroatoms. The third-order valence-corrected chi connectivity index (χ3v) is 7.33. The summed E-state index contributed by atoms with van der Waals surface area (Å²) in [7, 11) is -8.16. The van der Waals surface area contributed by atoms with Crippen LogP contribution in [0.4, 0.5) is 0 Å². The number of rotatable bonds is 10. The van der Waals surface area contributed by atoms with Gasteiger partial charge in [0.05, 0.1) is 11.5 Å². The molecule has 1 saturated carbocycles. The van der Waals surface area contributed by atoms with E-state index in [1.54, 1.807) is 13.0 Å². The van der Waals surface area contributed by atoms with E-state index < -0.39 is 24.9 Å². The Labute approximate surface area is 187 Å². The van der Waals surface area contributed by atoms with Crippen molar-refractivity contribution in [3.05, 3.63) is 48.0 Å². The minimum atomic E-state index is -4.39. The lowest BCUT2D eigenvalue weighted by atomic mass is 10.2. The van der Waals surface area contributed by atoms with Crippen LogP contribution in [0.25, 0.3) is 0 Å². The van der Waals surface area contributed by atoms with Crippen molar-refractivity contribution in [1.82, 2.24) is 0 Å². The first-order chi connectivity index (χ1) is 15.0. The van der Waals surface area contributed by atoms with Crippen LogP contribution in [0, 0.1) is 18.8 Å². The Morgan fingerprint density at radius 1 is 1.00 bits per heavy atom. The van der Waals surface area contributed by atoms with Crippen molar-refractivity contribution in [2.24, 2.45) is 28.5 Å². The first kappa shape index (κ1) is 23.7. The summed E-state index contributed by atoms with van der Waals surface area (Å²) in [6.45, 7) is 2.55. The molecule has 1 aliphatic carbocycles. The topological polar surface area (TPSA) is 160 Å². The van der Waals surface area contributed by atoms with Gasteiger partial charge in [-0.3, -0.25) is 0 Å².